The fourth-order valence-corrected chi connectivity index (χ4v) is 2.83. The zero-order valence-electron chi connectivity index (χ0n) is 13.3. The molecule has 2 heterocycles. The summed E-state index contributed by atoms with van der Waals surface area (Å²) < 4.78 is 0. The summed E-state index contributed by atoms with van der Waals surface area (Å²) in [6.07, 6.45) is 7.82. The van der Waals surface area contributed by atoms with E-state index in [4.69, 9.17) is 0 Å². The Morgan fingerprint density at radius 1 is 1.22 bits per heavy atom. The molecule has 4 heteroatoms. The van der Waals surface area contributed by atoms with Crippen molar-refractivity contribution in [1.82, 2.24) is 15.3 Å². The maximum Gasteiger partial charge on any atom is 0.220 e. The molecule has 1 aromatic carbocycles. The zero-order chi connectivity index (χ0) is 16.1. The number of benzene rings is 1. The van der Waals surface area contributed by atoms with Crippen molar-refractivity contribution in [2.24, 2.45) is 0 Å². The Bertz CT molecular complexity index is 779. The number of hydrogen-bond acceptors (Lipinski definition) is 2. The third kappa shape index (κ3) is 3.77. The summed E-state index contributed by atoms with van der Waals surface area (Å²) in [5, 5.41) is 4.29. The van der Waals surface area contributed by atoms with Crippen molar-refractivity contribution in [3.05, 3.63) is 66.1 Å². The number of nitrogens with one attached hydrogen (secondary N) is 2. The molecule has 1 amide bonds. The molecule has 0 bridgehead atoms. The van der Waals surface area contributed by atoms with Crippen molar-refractivity contribution in [2.75, 3.05) is 0 Å². The van der Waals surface area contributed by atoms with E-state index in [0.29, 0.717) is 6.42 Å². The van der Waals surface area contributed by atoms with Gasteiger partial charge < -0.3 is 10.3 Å². The first-order valence-electron chi connectivity index (χ1n) is 7.98. The summed E-state index contributed by atoms with van der Waals surface area (Å²) >= 11 is 0. The molecule has 3 rings (SSSR count). The van der Waals surface area contributed by atoms with E-state index in [1.54, 1.807) is 12.4 Å². The topological polar surface area (TPSA) is 57.8 Å². The van der Waals surface area contributed by atoms with E-state index < -0.39 is 0 Å². The molecule has 0 aliphatic heterocycles. The standard InChI is InChI=1S/C19H21N3O/c1-14(15-9-11-20-12-10-15)22-19(23)8-4-5-16-13-21-18-7-3-2-6-17(16)18/h2-3,6-7,9-14,21H,4-5,8H2,1H3,(H,22,23)/t14-/m1/s1. The van der Waals surface area contributed by atoms with Crippen LogP contribution in [0.15, 0.2) is 55.0 Å². The van der Waals surface area contributed by atoms with Crippen LogP contribution in [0.25, 0.3) is 10.9 Å². The molecule has 0 aliphatic carbocycles. The van der Waals surface area contributed by atoms with E-state index in [1.165, 1.54) is 10.9 Å². The second-order valence-electron chi connectivity index (χ2n) is 5.78. The molecule has 3 aromatic rings. The number of aryl methyl sites for hydroxylation is 1. The average Bonchev–Trinajstić information content (AvgIpc) is 2.99. The largest absolute Gasteiger partial charge is 0.361 e. The van der Waals surface area contributed by atoms with E-state index in [0.717, 1.165) is 23.9 Å². The van der Waals surface area contributed by atoms with Crippen molar-refractivity contribution in [3.63, 3.8) is 0 Å². The Kier molecular flexibility index (Phi) is 4.71. The number of para-hydroxylation sites is 1. The lowest BCUT2D eigenvalue weighted by molar-refractivity contribution is -0.121. The second-order valence-corrected chi connectivity index (χ2v) is 5.78. The number of H-pyrrole nitrogens is 1. The molecule has 0 fully saturated rings. The highest BCUT2D eigenvalue weighted by molar-refractivity contribution is 5.83. The van der Waals surface area contributed by atoms with Crippen LogP contribution in [0.2, 0.25) is 0 Å². The normalized spacial score (nSPS) is 12.2. The lowest BCUT2D eigenvalue weighted by Crippen LogP contribution is -2.26. The third-order valence-corrected chi connectivity index (χ3v) is 4.11. The van der Waals surface area contributed by atoms with Gasteiger partial charge in [-0.15, -0.1) is 0 Å². The zero-order valence-corrected chi connectivity index (χ0v) is 13.3. The van der Waals surface area contributed by atoms with Gasteiger partial charge in [-0.3, -0.25) is 9.78 Å². The Balaban J connectivity index is 1.50. The summed E-state index contributed by atoms with van der Waals surface area (Å²) in [7, 11) is 0. The number of amides is 1. The summed E-state index contributed by atoms with van der Waals surface area (Å²) in [6, 6.07) is 12.1. The molecule has 118 valence electrons. The van der Waals surface area contributed by atoms with Gasteiger partial charge in [-0.25, -0.2) is 0 Å². The van der Waals surface area contributed by atoms with Crippen molar-refractivity contribution < 1.29 is 4.79 Å². The maximum absolute atomic E-state index is 12.1. The first kappa shape index (κ1) is 15.3. The van der Waals surface area contributed by atoms with Crippen LogP contribution in [0.4, 0.5) is 0 Å². The smallest absolute Gasteiger partial charge is 0.220 e. The van der Waals surface area contributed by atoms with Crippen molar-refractivity contribution in [2.45, 2.75) is 32.2 Å². The van der Waals surface area contributed by atoms with Crippen molar-refractivity contribution in [1.29, 1.82) is 0 Å². The van der Waals surface area contributed by atoms with Crippen molar-refractivity contribution in [3.8, 4) is 0 Å². The van der Waals surface area contributed by atoms with E-state index >= 15 is 0 Å². The predicted octanol–water partition coefficient (Wildman–Crippen LogP) is 3.76. The molecule has 0 saturated carbocycles. The van der Waals surface area contributed by atoms with Crippen molar-refractivity contribution >= 4 is 16.8 Å². The van der Waals surface area contributed by atoms with Crippen LogP contribution in [0, 0.1) is 0 Å². The van der Waals surface area contributed by atoms with Gasteiger partial charge in [-0.05, 0) is 49.1 Å². The number of rotatable bonds is 6. The van der Waals surface area contributed by atoms with Crippen LogP contribution in [-0.2, 0) is 11.2 Å². The van der Waals surface area contributed by atoms with Gasteiger partial charge in [-0.1, -0.05) is 18.2 Å². The molecule has 1 atom stereocenters. The van der Waals surface area contributed by atoms with Gasteiger partial charge in [0.05, 0.1) is 6.04 Å². The first-order chi connectivity index (χ1) is 11.2. The molecular weight excluding hydrogens is 286 g/mol. The summed E-state index contributed by atoms with van der Waals surface area (Å²) in [4.78, 5) is 19.4. The molecule has 0 unspecified atom stereocenters. The number of aromatic amines is 1. The van der Waals surface area contributed by atoms with Gasteiger partial charge in [0.25, 0.3) is 0 Å². The van der Waals surface area contributed by atoms with E-state index in [9.17, 15) is 4.79 Å². The van der Waals surface area contributed by atoms with E-state index in [2.05, 4.69) is 27.4 Å². The number of aromatic nitrogens is 2. The third-order valence-electron chi connectivity index (χ3n) is 4.11. The summed E-state index contributed by atoms with van der Waals surface area (Å²) in [6.45, 7) is 1.99. The molecule has 2 N–H and O–H groups in total. The van der Waals surface area contributed by atoms with Gasteiger partial charge in [0.15, 0.2) is 0 Å². The second kappa shape index (κ2) is 7.09. The summed E-state index contributed by atoms with van der Waals surface area (Å²) in [5.74, 6) is 0.0918. The molecule has 2 aromatic heterocycles. The highest BCUT2D eigenvalue weighted by atomic mass is 16.1. The lowest BCUT2D eigenvalue weighted by Gasteiger charge is -2.13. The number of pyridine rings is 1. The monoisotopic (exact) mass is 307 g/mol. The summed E-state index contributed by atoms with van der Waals surface area (Å²) in [5.41, 5.74) is 3.50. The maximum atomic E-state index is 12.1. The Morgan fingerprint density at radius 3 is 2.83 bits per heavy atom. The van der Waals surface area contributed by atoms with Crippen LogP contribution >= 0.6 is 0 Å². The van der Waals surface area contributed by atoms with Crippen LogP contribution in [0.3, 0.4) is 0 Å². The molecule has 0 spiro atoms. The molecule has 4 nitrogen and oxygen atoms in total. The van der Waals surface area contributed by atoms with E-state index in [1.807, 2.05) is 37.4 Å². The van der Waals surface area contributed by atoms with Gasteiger partial charge >= 0.3 is 0 Å². The van der Waals surface area contributed by atoms with Gasteiger partial charge in [0, 0.05) is 35.9 Å². The Morgan fingerprint density at radius 2 is 2.00 bits per heavy atom. The molecule has 0 aliphatic rings. The SMILES string of the molecule is C[C@@H](NC(=O)CCCc1c[nH]c2ccccc12)c1ccncc1. The van der Waals surface area contributed by atoms with Gasteiger partial charge in [0.1, 0.15) is 0 Å². The fourth-order valence-electron chi connectivity index (χ4n) is 2.83. The highest BCUT2D eigenvalue weighted by Crippen LogP contribution is 2.19. The number of fused-ring (bicyclic) bond motifs is 1. The number of nitrogens with zero attached hydrogens (tertiary/aromatic N) is 1. The first-order valence-corrected chi connectivity index (χ1v) is 7.98. The van der Waals surface area contributed by atoms with E-state index in [-0.39, 0.29) is 11.9 Å². The fraction of sp³-hybridized carbons (Fsp3) is 0.263. The number of carbonyl (C=O) groups excluding carboxylic acids is 1. The van der Waals surface area contributed by atoms with Crippen LogP contribution < -0.4 is 5.32 Å². The van der Waals surface area contributed by atoms with Gasteiger partial charge in [-0.2, -0.15) is 0 Å². The minimum atomic E-state index is 0.0126. The number of hydrogen-bond donors (Lipinski definition) is 2. The van der Waals surface area contributed by atoms with Crippen LogP contribution in [0.5, 0.6) is 0 Å². The molecule has 0 saturated heterocycles. The minimum Gasteiger partial charge on any atom is -0.361 e. The van der Waals surface area contributed by atoms with Crippen LogP contribution in [0.1, 0.15) is 36.9 Å². The van der Waals surface area contributed by atoms with Gasteiger partial charge in [0.2, 0.25) is 5.91 Å². The molecular formula is C19H21N3O. The average molecular weight is 307 g/mol. The predicted molar refractivity (Wildman–Crippen MR) is 92.0 cm³/mol. The van der Waals surface area contributed by atoms with Crippen LogP contribution in [-0.4, -0.2) is 15.9 Å². The number of carbonyl (C=O) groups is 1. The molecule has 0 radical (unpaired) electrons. The Labute approximate surface area is 136 Å². The highest BCUT2D eigenvalue weighted by Gasteiger charge is 2.10. The quantitative estimate of drug-likeness (QED) is 0.728. The minimum absolute atomic E-state index is 0.0126. The lowest BCUT2D eigenvalue weighted by atomic mass is 10.1. The molecule has 23 heavy (non-hydrogen) atoms. The Hall–Kier alpha value is -2.62.